The van der Waals surface area contributed by atoms with Gasteiger partial charge >= 0.3 is 0 Å². The van der Waals surface area contributed by atoms with Crippen molar-refractivity contribution in [2.45, 2.75) is 38.2 Å². The van der Waals surface area contributed by atoms with Crippen molar-refractivity contribution in [2.24, 2.45) is 5.92 Å². The Hall–Kier alpha value is -0.280. The molecule has 0 radical (unpaired) electrons. The van der Waals surface area contributed by atoms with E-state index in [-0.39, 0.29) is 17.9 Å². The van der Waals surface area contributed by atoms with Gasteiger partial charge in [-0.3, -0.25) is 4.79 Å². The Labute approximate surface area is 90.0 Å². The summed E-state index contributed by atoms with van der Waals surface area (Å²) in [5.41, 5.74) is 0. The van der Waals surface area contributed by atoms with Crippen molar-refractivity contribution < 1.29 is 9.90 Å². The number of alkyl halides is 1. The van der Waals surface area contributed by atoms with E-state index in [1.165, 1.54) is 0 Å². The SMILES string of the molecule is CC[C@H](Cl)C(=O)N1CC[C@@H](O)[C@@H](C)C1. The van der Waals surface area contributed by atoms with E-state index >= 15 is 0 Å². The number of piperidine rings is 1. The van der Waals surface area contributed by atoms with Crippen molar-refractivity contribution in [3.8, 4) is 0 Å². The molecule has 1 amide bonds. The lowest BCUT2D eigenvalue weighted by atomic mass is 9.96. The van der Waals surface area contributed by atoms with Crippen LogP contribution in [0.2, 0.25) is 0 Å². The van der Waals surface area contributed by atoms with Gasteiger partial charge in [0, 0.05) is 13.1 Å². The van der Waals surface area contributed by atoms with Crippen LogP contribution in [0.3, 0.4) is 0 Å². The molecule has 3 nitrogen and oxygen atoms in total. The molecule has 3 atom stereocenters. The second-order valence-corrected chi connectivity index (χ2v) is 4.52. The fraction of sp³-hybridized carbons (Fsp3) is 0.900. The summed E-state index contributed by atoms with van der Waals surface area (Å²) >= 11 is 5.88. The van der Waals surface area contributed by atoms with Gasteiger partial charge < -0.3 is 10.0 Å². The highest BCUT2D eigenvalue weighted by atomic mass is 35.5. The maximum atomic E-state index is 11.7. The molecular formula is C10H18ClNO2. The van der Waals surface area contributed by atoms with Crippen molar-refractivity contribution in [3.05, 3.63) is 0 Å². The zero-order valence-corrected chi connectivity index (χ0v) is 9.50. The molecule has 4 heteroatoms. The van der Waals surface area contributed by atoms with Crippen molar-refractivity contribution in [3.63, 3.8) is 0 Å². The zero-order valence-electron chi connectivity index (χ0n) is 8.74. The van der Waals surface area contributed by atoms with E-state index < -0.39 is 5.38 Å². The van der Waals surface area contributed by atoms with Gasteiger partial charge in [0.05, 0.1) is 6.10 Å². The fourth-order valence-corrected chi connectivity index (χ4v) is 1.84. The van der Waals surface area contributed by atoms with E-state index in [1.54, 1.807) is 4.90 Å². The maximum Gasteiger partial charge on any atom is 0.240 e. The van der Waals surface area contributed by atoms with Crippen molar-refractivity contribution in [1.82, 2.24) is 4.90 Å². The molecule has 1 N–H and O–H groups in total. The van der Waals surface area contributed by atoms with Crippen molar-refractivity contribution in [1.29, 1.82) is 0 Å². The van der Waals surface area contributed by atoms with Gasteiger partial charge in [-0.15, -0.1) is 11.6 Å². The molecule has 1 aliphatic rings. The van der Waals surface area contributed by atoms with Gasteiger partial charge in [-0.2, -0.15) is 0 Å². The lowest BCUT2D eigenvalue weighted by Crippen LogP contribution is -2.47. The summed E-state index contributed by atoms with van der Waals surface area (Å²) in [6, 6.07) is 0. The Morgan fingerprint density at radius 1 is 1.71 bits per heavy atom. The average molecular weight is 220 g/mol. The van der Waals surface area contributed by atoms with Crippen LogP contribution in [-0.2, 0) is 4.79 Å². The summed E-state index contributed by atoms with van der Waals surface area (Å²) in [4.78, 5) is 13.5. The number of likely N-dealkylation sites (tertiary alicyclic amines) is 1. The lowest BCUT2D eigenvalue weighted by molar-refractivity contribution is -0.134. The number of carbonyl (C=O) groups excluding carboxylic acids is 1. The number of aliphatic hydroxyl groups excluding tert-OH is 1. The van der Waals surface area contributed by atoms with Gasteiger partial charge in [-0.05, 0) is 18.8 Å². The monoisotopic (exact) mass is 219 g/mol. The number of halogens is 1. The molecule has 14 heavy (non-hydrogen) atoms. The Morgan fingerprint density at radius 2 is 2.36 bits per heavy atom. The van der Waals surface area contributed by atoms with Crippen LogP contribution in [-0.4, -0.2) is 40.5 Å². The van der Waals surface area contributed by atoms with E-state index in [9.17, 15) is 9.90 Å². The van der Waals surface area contributed by atoms with Crippen LogP contribution < -0.4 is 0 Å². The number of amides is 1. The molecule has 1 fully saturated rings. The molecule has 0 saturated carbocycles. The highest BCUT2D eigenvalue weighted by Gasteiger charge is 2.29. The smallest absolute Gasteiger partial charge is 0.240 e. The summed E-state index contributed by atoms with van der Waals surface area (Å²) < 4.78 is 0. The number of rotatable bonds is 2. The average Bonchev–Trinajstić information content (AvgIpc) is 2.20. The first-order valence-electron chi connectivity index (χ1n) is 5.17. The number of hydrogen-bond acceptors (Lipinski definition) is 2. The Balaban J connectivity index is 2.50. The van der Waals surface area contributed by atoms with E-state index in [0.29, 0.717) is 25.9 Å². The zero-order chi connectivity index (χ0) is 10.7. The van der Waals surface area contributed by atoms with Crippen LogP contribution in [0.25, 0.3) is 0 Å². The molecule has 0 bridgehead atoms. The molecular weight excluding hydrogens is 202 g/mol. The summed E-state index contributed by atoms with van der Waals surface area (Å²) in [6.45, 7) is 5.12. The predicted octanol–water partition coefficient (Wildman–Crippen LogP) is 1.23. The molecule has 0 aliphatic carbocycles. The highest BCUT2D eigenvalue weighted by molar-refractivity contribution is 6.30. The van der Waals surface area contributed by atoms with Crippen molar-refractivity contribution >= 4 is 17.5 Å². The molecule has 1 heterocycles. The van der Waals surface area contributed by atoms with Gasteiger partial charge in [-0.1, -0.05) is 13.8 Å². The van der Waals surface area contributed by atoms with Gasteiger partial charge in [0.2, 0.25) is 5.91 Å². The quantitative estimate of drug-likeness (QED) is 0.710. The molecule has 1 rings (SSSR count). The van der Waals surface area contributed by atoms with Crippen LogP contribution in [0.1, 0.15) is 26.7 Å². The molecule has 0 spiro atoms. The Morgan fingerprint density at radius 3 is 2.86 bits per heavy atom. The van der Waals surface area contributed by atoms with E-state index in [4.69, 9.17) is 11.6 Å². The minimum Gasteiger partial charge on any atom is -0.393 e. The number of hydrogen-bond donors (Lipinski definition) is 1. The highest BCUT2D eigenvalue weighted by Crippen LogP contribution is 2.18. The summed E-state index contributed by atoms with van der Waals surface area (Å²) in [7, 11) is 0. The van der Waals surface area contributed by atoms with Gasteiger partial charge in [0.15, 0.2) is 0 Å². The summed E-state index contributed by atoms with van der Waals surface area (Å²) in [6.07, 6.45) is 1.06. The van der Waals surface area contributed by atoms with E-state index in [2.05, 4.69) is 0 Å². The molecule has 1 aliphatic heterocycles. The van der Waals surface area contributed by atoms with Crippen LogP contribution in [0.5, 0.6) is 0 Å². The maximum absolute atomic E-state index is 11.7. The summed E-state index contributed by atoms with van der Waals surface area (Å²) in [5, 5.41) is 9.10. The molecule has 0 aromatic carbocycles. The fourth-order valence-electron chi connectivity index (χ4n) is 1.71. The second kappa shape index (κ2) is 4.99. The molecule has 0 unspecified atom stereocenters. The topological polar surface area (TPSA) is 40.5 Å². The minimum atomic E-state index is -0.405. The Kier molecular flexibility index (Phi) is 4.20. The van der Waals surface area contributed by atoms with Crippen LogP contribution in [0.15, 0.2) is 0 Å². The minimum absolute atomic E-state index is 0.00733. The largest absolute Gasteiger partial charge is 0.393 e. The van der Waals surface area contributed by atoms with Crippen LogP contribution in [0.4, 0.5) is 0 Å². The first-order chi connectivity index (χ1) is 6.56. The molecule has 0 aromatic rings. The number of nitrogens with zero attached hydrogens (tertiary/aromatic N) is 1. The third-order valence-electron chi connectivity index (χ3n) is 2.80. The first-order valence-corrected chi connectivity index (χ1v) is 5.60. The lowest BCUT2D eigenvalue weighted by Gasteiger charge is -2.35. The van der Waals surface area contributed by atoms with Crippen LogP contribution in [0, 0.1) is 5.92 Å². The second-order valence-electron chi connectivity index (χ2n) is 3.99. The Bertz CT molecular complexity index is 210. The van der Waals surface area contributed by atoms with Crippen LogP contribution >= 0.6 is 11.6 Å². The third-order valence-corrected chi connectivity index (χ3v) is 3.29. The van der Waals surface area contributed by atoms with Gasteiger partial charge in [0.25, 0.3) is 0 Å². The molecule has 0 aromatic heterocycles. The van der Waals surface area contributed by atoms with E-state index in [1.807, 2.05) is 13.8 Å². The van der Waals surface area contributed by atoms with E-state index in [0.717, 1.165) is 0 Å². The molecule has 1 saturated heterocycles. The normalized spacial score (nSPS) is 30.1. The predicted molar refractivity (Wildman–Crippen MR) is 56.3 cm³/mol. The van der Waals surface area contributed by atoms with Crippen molar-refractivity contribution in [2.75, 3.05) is 13.1 Å². The standard InChI is InChI=1S/C10H18ClNO2/c1-3-8(11)10(14)12-5-4-9(13)7(2)6-12/h7-9,13H,3-6H2,1-2H3/t7-,8-,9+/m0/s1. The first kappa shape index (κ1) is 11.8. The number of aliphatic hydroxyl groups is 1. The molecule has 82 valence electrons. The third kappa shape index (κ3) is 2.61. The van der Waals surface area contributed by atoms with Gasteiger partial charge in [0.1, 0.15) is 5.38 Å². The number of carbonyl (C=O) groups is 1. The van der Waals surface area contributed by atoms with Gasteiger partial charge in [-0.25, -0.2) is 0 Å². The summed E-state index contributed by atoms with van der Waals surface area (Å²) in [5.74, 6) is 0.168.